The number of ether oxygens (including phenoxy) is 1. The molecule has 0 bridgehead atoms. The minimum absolute atomic E-state index is 0.385. The molecular formula is C16H21N3O2. The topological polar surface area (TPSA) is 60.2 Å². The third kappa shape index (κ3) is 2.93. The smallest absolute Gasteiger partial charge is 0.171 e. The van der Waals surface area contributed by atoms with Crippen molar-refractivity contribution < 1.29 is 9.84 Å². The number of aromatic nitrogens is 3. The monoisotopic (exact) mass is 287 g/mol. The summed E-state index contributed by atoms with van der Waals surface area (Å²) < 4.78 is 8.03. The number of aryl methyl sites for hydroxylation is 2. The maximum Gasteiger partial charge on any atom is 0.171 e. The molecule has 3 rings (SSSR count). The lowest BCUT2D eigenvalue weighted by Gasteiger charge is -2.16. The van der Waals surface area contributed by atoms with Gasteiger partial charge in [0.1, 0.15) is 18.2 Å². The Hall–Kier alpha value is -1.88. The van der Waals surface area contributed by atoms with Crippen molar-refractivity contribution in [3.63, 3.8) is 0 Å². The summed E-state index contributed by atoms with van der Waals surface area (Å²) in [5, 5.41) is 18.3. The fourth-order valence-electron chi connectivity index (χ4n) is 2.74. The highest BCUT2D eigenvalue weighted by atomic mass is 16.5. The van der Waals surface area contributed by atoms with E-state index in [1.54, 1.807) is 6.92 Å². The van der Waals surface area contributed by atoms with Gasteiger partial charge < -0.3 is 14.4 Å². The molecule has 1 aromatic heterocycles. The Morgan fingerprint density at radius 2 is 2.19 bits per heavy atom. The van der Waals surface area contributed by atoms with Crippen molar-refractivity contribution in [3.8, 4) is 5.75 Å². The molecule has 1 aromatic carbocycles. The van der Waals surface area contributed by atoms with E-state index in [0.29, 0.717) is 12.4 Å². The molecule has 1 aliphatic rings. The zero-order chi connectivity index (χ0) is 14.8. The summed E-state index contributed by atoms with van der Waals surface area (Å²) in [6.07, 6.45) is 2.80. The van der Waals surface area contributed by atoms with Crippen LogP contribution in [0.2, 0.25) is 0 Å². The van der Waals surface area contributed by atoms with Gasteiger partial charge in [0, 0.05) is 18.5 Å². The summed E-state index contributed by atoms with van der Waals surface area (Å²) in [6.45, 7) is 5.11. The van der Waals surface area contributed by atoms with E-state index in [2.05, 4.69) is 14.8 Å². The number of nitrogens with zero attached hydrogens (tertiary/aromatic N) is 3. The van der Waals surface area contributed by atoms with E-state index >= 15 is 0 Å². The Morgan fingerprint density at radius 3 is 3.00 bits per heavy atom. The number of hydrogen-bond acceptors (Lipinski definition) is 4. The van der Waals surface area contributed by atoms with Gasteiger partial charge in [0.15, 0.2) is 5.82 Å². The van der Waals surface area contributed by atoms with E-state index in [1.807, 2.05) is 25.1 Å². The second kappa shape index (κ2) is 5.85. The molecule has 112 valence electrons. The highest BCUT2D eigenvalue weighted by Gasteiger charge is 2.17. The second-order valence-electron chi connectivity index (χ2n) is 5.65. The Kier molecular flexibility index (Phi) is 3.92. The summed E-state index contributed by atoms with van der Waals surface area (Å²) in [5.41, 5.74) is 1.92. The predicted molar refractivity (Wildman–Crippen MR) is 79.1 cm³/mol. The first-order chi connectivity index (χ1) is 10.1. The number of fused-ring (bicyclic) bond motifs is 1. The molecule has 2 aromatic rings. The van der Waals surface area contributed by atoms with E-state index in [1.165, 1.54) is 12.8 Å². The van der Waals surface area contributed by atoms with Crippen LogP contribution in [0.3, 0.4) is 0 Å². The first-order valence-corrected chi connectivity index (χ1v) is 7.47. The lowest BCUT2D eigenvalue weighted by atomic mass is 10.1. The van der Waals surface area contributed by atoms with Crippen LogP contribution in [0.5, 0.6) is 5.75 Å². The number of aliphatic hydroxyl groups excluding tert-OH is 1. The maximum atomic E-state index is 9.87. The standard InChI is InChI=1S/C16H21N3O2/c1-11-6-7-14(13(9-11)12(2)20)21-10-16-18-17-15-5-3-4-8-19(15)16/h6-7,9,12,20H,3-5,8,10H2,1-2H3/t12-/m0/s1. The van der Waals surface area contributed by atoms with E-state index in [4.69, 9.17) is 4.74 Å². The van der Waals surface area contributed by atoms with Crippen molar-refractivity contribution >= 4 is 0 Å². The fraction of sp³-hybridized carbons (Fsp3) is 0.500. The largest absolute Gasteiger partial charge is 0.485 e. The van der Waals surface area contributed by atoms with Crippen LogP contribution in [-0.4, -0.2) is 19.9 Å². The molecule has 21 heavy (non-hydrogen) atoms. The third-order valence-electron chi connectivity index (χ3n) is 3.91. The summed E-state index contributed by atoms with van der Waals surface area (Å²) in [4.78, 5) is 0. The van der Waals surface area contributed by atoms with Gasteiger partial charge in [0.05, 0.1) is 6.10 Å². The first kappa shape index (κ1) is 14.1. The van der Waals surface area contributed by atoms with Crippen LogP contribution >= 0.6 is 0 Å². The molecule has 1 N–H and O–H groups in total. The van der Waals surface area contributed by atoms with Crippen LogP contribution in [0.1, 0.15) is 48.6 Å². The Labute approximate surface area is 124 Å². The van der Waals surface area contributed by atoms with Gasteiger partial charge in [0.2, 0.25) is 0 Å². The quantitative estimate of drug-likeness (QED) is 0.939. The Morgan fingerprint density at radius 1 is 1.33 bits per heavy atom. The average molecular weight is 287 g/mol. The van der Waals surface area contributed by atoms with Crippen molar-refractivity contribution in [3.05, 3.63) is 41.0 Å². The number of benzene rings is 1. The van der Waals surface area contributed by atoms with Crippen LogP contribution in [-0.2, 0) is 19.6 Å². The molecule has 2 heterocycles. The summed E-state index contributed by atoms with van der Waals surface area (Å²) in [7, 11) is 0. The summed E-state index contributed by atoms with van der Waals surface area (Å²) in [5.74, 6) is 2.63. The molecule has 0 saturated heterocycles. The normalized spacial score (nSPS) is 15.6. The van der Waals surface area contributed by atoms with Crippen LogP contribution in [0.25, 0.3) is 0 Å². The van der Waals surface area contributed by atoms with Crippen LogP contribution in [0.4, 0.5) is 0 Å². The molecule has 0 saturated carbocycles. The number of hydrogen-bond donors (Lipinski definition) is 1. The molecule has 5 heteroatoms. The van der Waals surface area contributed by atoms with E-state index in [0.717, 1.165) is 35.7 Å². The molecule has 5 nitrogen and oxygen atoms in total. The van der Waals surface area contributed by atoms with Gasteiger partial charge in [-0.25, -0.2) is 0 Å². The van der Waals surface area contributed by atoms with Crippen molar-refractivity contribution in [2.24, 2.45) is 0 Å². The zero-order valence-corrected chi connectivity index (χ0v) is 12.5. The molecule has 0 amide bonds. The van der Waals surface area contributed by atoms with Crippen molar-refractivity contribution in [2.45, 2.75) is 52.4 Å². The SMILES string of the molecule is Cc1ccc(OCc2nnc3n2CCCC3)c([C@H](C)O)c1. The lowest BCUT2D eigenvalue weighted by molar-refractivity contribution is 0.189. The Bertz CT molecular complexity index is 634. The highest BCUT2D eigenvalue weighted by Crippen LogP contribution is 2.27. The minimum atomic E-state index is -0.549. The molecular weight excluding hydrogens is 266 g/mol. The van der Waals surface area contributed by atoms with Gasteiger partial charge >= 0.3 is 0 Å². The van der Waals surface area contributed by atoms with Gasteiger partial charge in [-0.05, 0) is 38.8 Å². The van der Waals surface area contributed by atoms with Crippen LogP contribution in [0.15, 0.2) is 18.2 Å². The molecule has 0 radical (unpaired) electrons. The molecule has 0 fully saturated rings. The molecule has 1 aliphatic heterocycles. The Balaban J connectivity index is 1.77. The molecule has 1 atom stereocenters. The van der Waals surface area contributed by atoms with Gasteiger partial charge in [-0.15, -0.1) is 10.2 Å². The molecule has 0 unspecified atom stereocenters. The molecule has 0 spiro atoms. The fourth-order valence-corrected chi connectivity index (χ4v) is 2.74. The highest BCUT2D eigenvalue weighted by molar-refractivity contribution is 5.38. The third-order valence-corrected chi connectivity index (χ3v) is 3.91. The van der Waals surface area contributed by atoms with E-state index < -0.39 is 6.10 Å². The van der Waals surface area contributed by atoms with Gasteiger partial charge in [0.25, 0.3) is 0 Å². The van der Waals surface area contributed by atoms with Gasteiger partial charge in [-0.3, -0.25) is 0 Å². The van der Waals surface area contributed by atoms with E-state index in [-0.39, 0.29) is 0 Å². The van der Waals surface area contributed by atoms with Gasteiger partial charge in [-0.1, -0.05) is 11.6 Å². The summed E-state index contributed by atoms with van der Waals surface area (Å²) >= 11 is 0. The van der Waals surface area contributed by atoms with Crippen molar-refractivity contribution in [1.29, 1.82) is 0 Å². The second-order valence-corrected chi connectivity index (χ2v) is 5.65. The van der Waals surface area contributed by atoms with Crippen LogP contribution < -0.4 is 4.74 Å². The maximum absolute atomic E-state index is 9.87. The van der Waals surface area contributed by atoms with E-state index in [9.17, 15) is 5.11 Å². The van der Waals surface area contributed by atoms with Crippen LogP contribution in [0, 0.1) is 6.92 Å². The average Bonchev–Trinajstić information content (AvgIpc) is 2.89. The first-order valence-electron chi connectivity index (χ1n) is 7.47. The van der Waals surface area contributed by atoms with Crippen molar-refractivity contribution in [1.82, 2.24) is 14.8 Å². The van der Waals surface area contributed by atoms with Crippen molar-refractivity contribution in [2.75, 3.05) is 0 Å². The molecule has 0 aliphatic carbocycles. The minimum Gasteiger partial charge on any atom is -0.485 e. The number of rotatable bonds is 4. The number of aliphatic hydroxyl groups is 1. The van der Waals surface area contributed by atoms with Gasteiger partial charge in [-0.2, -0.15) is 0 Å². The zero-order valence-electron chi connectivity index (χ0n) is 12.5. The predicted octanol–water partition coefficient (Wildman–Crippen LogP) is 2.56. The summed E-state index contributed by atoms with van der Waals surface area (Å²) in [6, 6.07) is 5.85. The lowest BCUT2D eigenvalue weighted by Crippen LogP contribution is -2.14.